The minimum atomic E-state index is -3.53. The number of aromatic amines is 1. The Labute approximate surface area is 181 Å². The van der Waals surface area contributed by atoms with Gasteiger partial charge >= 0.3 is 0 Å². The van der Waals surface area contributed by atoms with E-state index in [1.807, 2.05) is 0 Å². The molecule has 11 heteroatoms. The highest BCUT2D eigenvalue weighted by molar-refractivity contribution is 7.92. The van der Waals surface area contributed by atoms with Crippen LogP contribution in [0.3, 0.4) is 0 Å². The number of likely N-dealkylation sites (N-methyl/N-ethyl adjacent to an activating group) is 1. The third-order valence-electron chi connectivity index (χ3n) is 5.24. The van der Waals surface area contributed by atoms with Gasteiger partial charge in [-0.15, -0.1) is 0 Å². The van der Waals surface area contributed by atoms with Gasteiger partial charge in [-0.1, -0.05) is 6.07 Å². The largest absolute Gasteiger partial charge is 0.373 e. The Hall–Kier alpha value is -3.31. The average molecular weight is 463 g/mol. The number of H-pyrrole nitrogens is 1. The molecule has 0 radical (unpaired) electrons. The molecule has 0 fully saturated rings. The number of nitrogens with zero attached hydrogens (tertiary/aromatic N) is 1. The van der Waals surface area contributed by atoms with Crippen molar-refractivity contribution in [2.45, 2.75) is 12.6 Å². The molecule has 2 N–H and O–H groups in total. The van der Waals surface area contributed by atoms with Crippen molar-refractivity contribution in [3.05, 3.63) is 75.2 Å². The molecule has 0 saturated heterocycles. The Balaban J connectivity index is 1.77. The molecule has 1 amide bonds. The second-order valence-electron chi connectivity index (χ2n) is 7.56. The van der Waals surface area contributed by atoms with E-state index in [0.717, 1.165) is 18.4 Å². The number of ether oxygens (including phenoxy) is 1. The van der Waals surface area contributed by atoms with Gasteiger partial charge in [0.1, 0.15) is 0 Å². The van der Waals surface area contributed by atoms with Crippen LogP contribution in [0.15, 0.2) is 41.2 Å². The van der Waals surface area contributed by atoms with E-state index in [2.05, 4.69) is 9.71 Å². The predicted molar refractivity (Wildman–Crippen MR) is 114 cm³/mol. The summed E-state index contributed by atoms with van der Waals surface area (Å²) in [7, 11) is -2.02. The van der Waals surface area contributed by atoms with Gasteiger partial charge in [0.05, 0.1) is 30.9 Å². The number of halogens is 2. The van der Waals surface area contributed by atoms with Crippen LogP contribution in [-0.4, -0.2) is 44.1 Å². The molecule has 1 aliphatic rings. The van der Waals surface area contributed by atoms with E-state index in [0.29, 0.717) is 11.3 Å². The van der Waals surface area contributed by atoms with Gasteiger partial charge in [-0.3, -0.25) is 14.3 Å². The Morgan fingerprint density at radius 3 is 2.56 bits per heavy atom. The van der Waals surface area contributed by atoms with Gasteiger partial charge < -0.3 is 14.6 Å². The monoisotopic (exact) mass is 463 g/mol. The number of fused-ring (bicyclic) bond motifs is 3. The van der Waals surface area contributed by atoms with Crippen LogP contribution in [0.25, 0.3) is 10.8 Å². The van der Waals surface area contributed by atoms with Crippen LogP contribution >= 0.6 is 0 Å². The van der Waals surface area contributed by atoms with Crippen LogP contribution in [0, 0.1) is 11.6 Å². The number of carbonyl (C=O) groups is 1. The van der Waals surface area contributed by atoms with Crippen molar-refractivity contribution in [2.24, 2.45) is 0 Å². The topological polar surface area (TPSA) is 109 Å². The predicted octanol–water partition coefficient (Wildman–Crippen LogP) is 2.52. The van der Waals surface area contributed by atoms with Crippen LogP contribution in [-0.2, 0) is 21.4 Å². The fourth-order valence-electron chi connectivity index (χ4n) is 3.82. The smallest absolute Gasteiger partial charge is 0.256 e. The molecule has 0 aliphatic carbocycles. The molecule has 1 aromatic heterocycles. The summed E-state index contributed by atoms with van der Waals surface area (Å²) < 4.78 is 58.6. The molecule has 0 bridgehead atoms. The summed E-state index contributed by atoms with van der Waals surface area (Å²) in [4.78, 5) is 29.5. The summed E-state index contributed by atoms with van der Waals surface area (Å²) in [5, 5.41) is 0.165. The van der Waals surface area contributed by atoms with E-state index >= 15 is 0 Å². The maximum Gasteiger partial charge on any atom is 0.256 e. The van der Waals surface area contributed by atoms with Gasteiger partial charge in [-0.25, -0.2) is 17.2 Å². The van der Waals surface area contributed by atoms with Crippen molar-refractivity contribution < 1.29 is 26.7 Å². The van der Waals surface area contributed by atoms with E-state index in [-0.39, 0.29) is 35.2 Å². The van der Waals surface area contributed by atoms with Gasteiger partial charge in [-0.05, 0) is 35.7 Å². The van der Waals surface area contributed by atoms with Gasteiger partial charge in [-0.2, -0.15) is 0 Å². The van der Waals surface area contributed by atoms with Gasteiger partial charge in [0.2, 0.25) is 10.0 Å². The quantitative estimate of drug-likeness (QED) is 0.618. The summed E-state index contributed by atoms with van der Waals surface area (Å²) in [6, 6.07) is 7.03. The number of pyridine rings is 1. The van der Waals surface area contributed by atoms with E-state index in [9.17, 15) is 26.8 Å². The molecule has 0 spiro atoms. The number of benzene rings is 2. The van der Waals surface area contributed by atoms with Crippen molar-refractivity contribution in [1.29, 1.82) is 0 Å². The van der Waals surface area contributed by atoms with E-state index in [4.69, 9.17) is 4.74 Å². The molecule has 4 rings (SSSR count). The number of sulfonamides is 1. The lowest BCUT2D eigenvalue weighted by atomic mass is 9.95. The van der Waals surface area contributed by atoms with Crippen molar-refractivity contribution in [3.8, 4) is 0 Å². The third-order valence-corrected chi connectivity index (χ3v) is 5.85. The lowest BCUT2D eigenvalue weighted by Gasteiger charge is -2.34. The zero-order valence-electron chi connectivity index (χ0n) is 17.1. The zero-order chi connectivity index (χ0) is 23.2. The third kappa shape index (κ3) is 4.08. The number of hydrogen-bond acceptors (Lipinski definition) is 5. The highest BCUT2D eigenvalue weighted by Gasteiger charge is 2.31. The Morgan fingerprint density at radius 2 is 1.88 bits per heavy atom. The molecule has 8 nitrogen and oxygen atoms in total. The first-order valence-electron chi connectivity index (χ1n) is 9.51. The molecular weight excluding hydrogens is 444 g/mol. The van der Waals surface area contributed by atoms with Crippen LogP contribution < -0.4 is 10.3 Å². The molecule has 1 atom stereocenters. The number of anilines is 1. The van der Waals surface area contributed by atoms with Crippen LogP contribution in [0.1, 0.15) is 27.7 Å². The summed E-state index contributed by atoms with van der Waals surface area (Å²) in [5.41, 5.74) is 0.678. The van der Waals surface area contributed by atoms with Crippen molar-refractivity contribution in [2.75, 3.05) is 24.6 Å². The summed E-state index contributed by atoms with van der Waals surface area (Å²) in [5.74, 6) is -2.71. The molecule has 2 aromatic carbocycles. The Bertz CT molecular complexity index is 1400. The van der Waals surface area contributed by atoms with Crippen LogP contribution in [0.2, 0.25) is 0 Å². The SMILES string of the molecule is CN(C(=O)c1cccc(NS(C)(=O)=O)c1)[C@H]1COCc2[nH]c(=O)c3cc(F)c(F)cc3c21. The Morgan fingerprint density at radius 1 is 1.19 bits per heavy atom. The maximum atomic E-state index is 14.0. The van der Waals surface area contributed by atoms with Crippen molar-refractivity contribution in [3.63, 3.8) is 0 Å². The highest BCUT2D eigenvalue weighted by atomic mass is 32.2. The second kappa shape index (κ2) is 7.99. The van der Waals surface area contributed by atoms with Crippen LogP contribution in [0.5, 0.6) is 0 Å². The summed E-state index contributed by atoms with van der Waals surface area (Å²) in [6.45, 7) is 0.114. The number of amides is 1. The zero-order valence-corrected chi connectivity index (χ0v) is 17.9. The maximum absolute atomic E-state index is 14.0. The molecule has 1 aliphatic heterocycles. The van der Waals surface area contributed by atoms with Gasteiger partial charge in [0.25, 0.3) is 11.5 Å². The number of rotatable bonds is 4. The first-order chi connectivity index (χ1) is 15.0. The average Bonchev–Trinajstić information content (AvgIpc) is 2.72. The fourth-order valence-corrected chi connectivity index (χ4v) is 4.38. The van der Waals surface area contributed by atoms with Gasteiger partial charge in [0, 0.05) is 29.6 Å². The first kappa shape index (κ1) is 21.9. The number of carbonyl (C=O) groups excluding carboxylic acids is 1. The lowest BCUT2D eigenvalue weighted by molar-refractivity contribution is 0.0335. The van der Waals surface area contributed by atoms with Gasteiger partial charge in [0.15, 0.2) is 11.6 Å². The number of aromatic nitrogens is 1. The number of nitrogens with one attached hydrogen (secondary N) is 2. The molecule has 0 saturated carbocycles. The van der Waals surface area contributed by atoms with E-state index in [1.165, 1.54) is 36.2 Å². The van der Waals surface area contributed by atoms with Crippen LogP contribution in [0.4, 0.5) is 14.5 Å². The molecular formula is C21H19F2N3O5S. The van der Waals surface area contributed by atoms with Crippen molar-refractivity contribution >= 4 is 32.4 Å². The molecule has 2 heterocycles. The molecule has 168 valence electrons. The number of hydrogen-bond donors (Lipinski definition) is 2. The van der Waals surface area contributed by atoms with E-state index in [1.54, 1.807) is 0 Å². The minimum Gasteiger partial charge on any atom is -0.373 e. The standard InChI is InChI=1S/C21H19F2N3O5S/c1-26(21(28)11-4-3-5-12(6-11)25-32(2,29)30)18-10-31-9-17-19(18)13-7-15(22)16(23)8-14(13)20(27)24-17/h3-8,18,25H,9-10H2,1-2H3,(H,24,27)/t18-/m0/s1. The van der Waals surface area contributed by atoms with Crippen molar-refractivity contribution in [1.82, 2.24) is 9.88 Å². The fraction of sp³-hybridized carbons (Fsp3) is 0.238. The molecule has 32 heavy (non-hydrogen) atoms. The first-order valence-corrected chi connectivity index (χ1v) is 11.4. The summed E-state index contributed by atoms with van der Waals surface area (Å²) >= 11 is 0. The summed E-state index contributed by atoms with van der Waals surface area (Å²) in [6.07, 6.45) is 0.998. The molecule has 0 unspecified atom stereocenters. The normalized spacial score (nSPS) is 15.9. The van der Waals surface area contributed by atoms with E-state index < -0.39 is 39.2 Å². The highest BCUT2D eigenvalue weighted by Crippen LogP contribution is 2.34. The second-order valence-corrected chi connectivity index (χ2v) is 9.31. The minimum absolute atomic E-state index is 0.0326. The molecule has 3 aromatic rings. The lowest BCUT2D eigenvalue weighted by Crippen LogP contribution is -2.37. The Kier molecular flexibility index (Phi) is 5.47.